The molecular weight excluding hydrogens is 330 g/mol. The van der Waals surface area contributed by atoms with E-state index in [0.29, 0.717) is 6.04 Å². The Labute approximate surface area is 151 Å². The van der Waals surface area contributed by atoms with E-state index < -0.39 is 0 Å². The van der Waals surface area contributed by atoms with Crippen LogP contribution in [-0.4, -0.2) is 43.9 Å². The van der Waals surface area contributed by atoms with E-state index >= 15 is 0 Å². The van der Waals surface area contributed by atoms with Crippen LogP contribution < -0.4 is 15.8 Å². The zero-order valence-electron chi connectivity index (χ0n) is 15.1. The Hall–Kier alpha value is -2.90. The Kier molecular flexibility index (Phi) is 4.32. The molecule has 0 spiro atoms. The molecule has 1 saturated heterocycles. The molecule has 26 heavy (non-hydrogen) atoms. The van der Waals surface area contributed by atoms with Crippen molar-refractivity contribution in [3.05, 3.63) is 40.6 Å². The van der Waals surface area contributed by atoms with E-state index in [9.17, 15) is 4.79 Å². The predicted octanol–water partition coefficient (Wildman–Crippen LogP) is 1.83. The molecule has 8 heteroatoms. The highest BCUT2D eigenvalue weighted by molar-refractivity contribution is 5.87. The summed E-state index contributed by atoms with van der Waals surface area (Å²) in [5.74, 6) is 1.67. The van der Waals surface area contributed by atoms with Crippen molar-refractivity contribution in [3.8, 4) is 0 Å². The summed E-state index contributed by atoms with van der Waals surface area (Å²) in [5.41, 5.74) is 2.95. The molecule has 1 atom stereocenters. The first-order valence-corrected chi connectivity index (χ1v) is 8.97. The zero-order valence-corrected chi connectivity index (χ0v) is 15.1. The number of H-pyrrole nitrogens is 1. The molecule has 136 valence electrons. The Bertz CT molecular complexity index is 957. The van der Waals surface area contributed by atoms with Gasteiger partial charge in [0.2, 0.25) is 0 Å². The van der Waals surface area contributed by atoms with Gasteiger partial charge in [-0.1, -0.05) is 0 Å². The van der Waals surface area contributed by atoms with Crippen LogP contribution >= 0.6 is 0 Å². The number of fused-ring (bicyclic) bond motifs is 1. The molecule has 1 aliphatic rings. The monoisotopic (exact) mass is 353 g/mol. The summed E-state index contributed by atoms with van der Waals surface area (Å²) in [6.07, 6.45) is 5.00. The van der Waals surface area contributed by atoms with Crippen molar-refractivity contribution in [2.24, 2.45) is 7.05 Å². The van der Waals surface area contributed by atoms with Gasteiger partial charge in [0.25, 0.3) is 5.56 Å². The van der Waals surface area contributed by atoms with Crippen LogP contribution in [0.5, 0.6) is 0 Å². The van der Waals surface area contributed by atoms with E-state index in [1.54, 1.807) is 12.4 Å². The fourth-order valence-electron chi connectivity index (χ4n) is 3.66. The smallest absolute Gasteiger partial charge is 0.264 e. The number of piperidine rings is 1. The summed E-state index contributed by atoms with van der Waals surface area (Å²) < 4.78 is 2.11. The molecule has 1 fully saturated rings. The Morgan fingerprint density at radius 1 is 1.31 bits per heavy atom. The van der Waals surface area contributed by atoms with Crippen molar-refractivity contribution in [2.45, 2.75) is 32.2 Å². The minimum atomic E-state index is -0.178. The van der Waals surface area contributed by atoms with Crippen LogP contribution in [0.15, 0.2) is 29.3 Å². The fraction of sp³-hybridized carbons (Fsp3) is 0.444. The summed E-state index contributed by atoms with van der Waals surface area (Å²) >= 11 is 0. The van der Waals surface area contributed by atoms with E-state index in [1.807, 2.05) is 7.05 Å². The maximum absolute atomic E-state index is 11.3. The molecule has 0 aromatic carbocycles. The molecule has 0 radical (unpaired) electrons. The molecule has 0 saturated carbocycles. The highest BCUT2D eigenvalue weighted by Gasteiger charge is 2.24. The summed E-state index contributed by atoms with van der Waals surface area (Å²) in [6, 6.07) is 5.69. The maximum Gasteiger partial charge on any atom is 0.264 e. The molecule has 1 aliphatic heterocycles. The first kappa shape index (κ1) is 16.6. The van der Waals surface area contributed by atoms with Gasteiger partial charge in [-0.05, 0) is 38.3 Å². The van der Waals surface area contributed by atoms with Crippen LogP contribution in [0.3, 0.4) is 0 Å². The quantitative estimate of drug-likeness (QED) is 0.743. The van der Waals surface area contributed by atoms with Gasteiger partial charge in [0.15, 0.2) is 5.82 Å². The number of aromatic amines is 1. The molecule has 1 unspecified atom stereocenters. The van der Waals surface area contributed by atoms with Crippen LogP contribution in [0.4, 0.5) is 11.6 Å². The summed E-state index contributed by atoms with van der Waals surface area (Å²) in [7, 11) is 2.03. The topological polar surface area (TPSA) is 91.7 Å². The number of nitrogens with zero attached hydrogens (tertiary/aromatic N) is 5. The Morgan fingerprint density at radius 2 is 2.19 bits per heavy atom. The van der Waals surface area contributed by atoms with Crippen LogP contribution in [0.2, 0.25) is 0 Å². The Balaban J connectivity index is 1.56. The normalized spacial score (nSPS) is 17.6. The lowest BCUT2D eigenvalue weighted by molar-refractivity contribution is 0.467. The predicted molar refractivity (Wildman–Crippen MR) is 102 cm³/mol. The van der Waals surface area contributed by atoms with Gasteiger partial charge >= 0.3 is 0 Å². The Morgan fingerprint density at radius 3 is 3.00 bits per heavy atom. The molecule has 0 bridgehead atoms. The van der Waals surface area contributed by atoms with Crippen molar-refractivity contribution in [3.63, 3.8) is 0 Å². The van der Waals surface area contributed by atoms with Gasteiger partial charge < -0.3 is 14.8 Å². The van der Waals surface area contributed by atoms with Crippen LogP contribution in [0, 0.1) is 6.92 Å². The van der Waals surface area contributed by atoms with Crippen LogP contribution in [-0.2, 0) is 7.05 Å². The van der Waals surface area contributed by atoms with Gasteiger partial charge in [-0.2, -0.15) is 5.10 Å². The van der Waals surface area contributed by atoms with E-state index in [2.05, 4.69) is 47.9 Å². The molecule has 2 N–H and O–H groups in total. The fourth-order valence-corrected chi connectivity index (χ4v) is 3.66. The largest absolute Gasteiger partial charge is 0.366 e. The van der Waals surface area contributed by atoms with Gasteiger partial charge in [-0.25, -0.2) is 15.1 Å². The number of hydrogen-bond acceptors (Lipinski definition) is 6. The average Bonchev–Trinajstić information content (AvgIpc) is 2.96. The van der Waals surface area contributed by atoms with Crippen molar-refractivity contribution in [1.82, 2.24) is 24.7 Å². The molecule has 4 heterocycles. The van der Waals surface area contributed by atoms with Gasteiger partial charge in [0.05, 0.1) is 5.52 Å². The van der Waals surface area contributed by atoms with Crippen molar-refractivity contribution in [1.29, 1.82) is 0 Å². The highest BCUT2D eigenvalue weighted by Crippen LogP contribution is 2.25. The summed E-state index contributed by atoms with van der Waals surface area (Å²) in [5, 5.41) is 10.2. The first-order valence-electron chi connectivity index (χ1n) is 8.97. The van der Waals surface area contributed by atoms with E-state index in [-0.39, 0.29) is 5.56 Å². The van der Waals surface area contributed by atoms with Crippen molar-refractivity contribution in [2.75, 3.05) is 23.3 Å². The number of hydrogen-bond donors (Lipinski definition) is 2. The second-order valence-corrected chi connectivity index (χ2v) is 6.80. The second-order valence-electron chi connectivity index (χ2n) is 6.80. The number of rotatable bonds is 4. The molecule has 3 aromatic heterocycles. The van der Waals surface area contributed by atoms with Gasteiger partial charge in [-0.15, -0.1) is 0 Å². The third-order valence-corrected chi connectivity index (χ3v) is 5.15. The van der Waals surface area contributed by atoms with E-state index in [4.69, 9.17) is 0 Å². The third kappa shape index (κ3) is 3.02. The van der Waals surface area contributed by atoms with Crippen molar-refractivity contribution < 1.29 is 0 Å². The molecular formula is C18H23N7O. The third-order valence-electron chi connectivity index (χ3n) is 5.15. The zero-order chi connectivity index (χ0) is 18.1. The minimum Gasteiger partial charge on any atom is -0.366 e. The highest BCUT2D eigenvalue weighted by atomic mass is 16.1. The molecule has 0 amide bonds. The number of aryl methyl sites for hydroxylation is 2. The lowest BCUT2D eigenvalue weighted by Crippen LogP contribution is -2.44. The number of aromatic nitrogens is 5. The lowest BCUT2D eigenvalue weighted by Gasteiger charge is -2.36. The maximum atomic E-state index is 11.3. The molecule has 4 rings (SSSR count). The SMILES string of the molecule is Cc1cc2ncnc(NCC3CCCCN3c3ccc(=O)[nH]n3)c2n1C. The average molecular weight is 353 g/mol. The van der Waals surface area contributed by atoms with E-state index in [1.165, 1.54) is 12.5 Å². The minimum absolute atomic E-state index is 0.178. The van der Waals surface area contributed by atoms with Gasteiger partial charge in [-0.3, -0.25) is 4.79 Å². The van der Waals surface area contributed by atoms with Crippen molar-refractivity contribution >= 4 is 22.7 Å². The summed E-state index contributed by atoms with van der Waals surface area (Å²) in [6.45, 7) is 3.77. The molecule has 0 aliphatic carbocycles. The molecule has 3 aromatic rings. The standard InChI is InChI=1S/C18H23N7O/c1-12-9-14-17(24(12)2)18(21-11-20-14)19-10-13-5-3-4-8-25(13)15-6-7-16(26)23-22-15/h6-7,9,11,13H,3-5,8,10H2,1-2H3,(H,23,26)(H,19,20,21). The van der Waals surface area contributed by atoms with E-state index in [0.717, 1.165) is 54.3 Å². The number of anilines is 2. The summed E-state index contributed by atoms with van der Waals surface area (Å²) in [4.78, 5) is 22.4. The second kappa shape index (κ2) is 6.78. The lowest BCUT2D eigenvalue weighted by atomic mass is 10.0. The van der Waals surface area contributed by atoms with Crippen LogP contribution in [0.1, 0.15) is 25.0 Å². The van der Waals surface area contributed by atoms with Gasteiger partial charge in [0.1, 0.15) is 17.7 Å². The number of nitrogens with one attached hydrogen (secondary N) is 2. The van der Waals surface area contributed by atoms with Gasteiger partial charge in [0, 0.05) is 37.9 Å². The molecule has 8 nitrogen and oxygen atoms in total. The first-order chi connectivity index (χ1) is 12.6. The van der Waals surface area contributed by atoms with Crippen LogP contribution in [0.25, 0.3) is 11.0 Å².